The topological polar surface area (TPSA) is 64.3 Å². The predicted molar refractivity (Wildman–Crippen MR) is 79.8 cm³/mol. The number of carbonyl (C=O) groups is 1. The number of carbonyl (C=O) groups excluding carboxylic acids is 1. The highest BCUT2D eigenvalue weighted by Gasteiger charge is 2.15. The minimum Gasteiger partial charge on any atom is -0.397 e. The molecule has 1 heterocycles. The van der Waals surface area contributed by atoms with E-state index in [0.717, 1.165) is 22.1 Å². The van der Waals surface area contributed by atoms with Crippen molar-refractivity contribution in [1.82, 2.24) is 5.32 Å². The number of anilines is 1. The number of methoxy groups -OCH3 is 1. The molecule has 0 bridgehead atoms. The van der Waals surface area contributed by atoms with Gasteiger partial charge in [-0.2, -0.15) is 0 Å². The standard InChI is InChI=1S/C14H18N2O2S/c1-9-4-5-11-10(8-9)12(15)13(19-11)14(17)16-6-3-7-18-2/h4-5,8H,3,6-7,15H2,1-2H3,(H,16,17). The number of fused-ring (bicyclic) bond motifs is 1. The number of thiophene rings is 1. The molecule has 0 aliphatic carbocycles. The van der Waals surface area contributed by atoms with Crippen LogP contribution in [0.3, 0.4) is 0 Å². The third-order valence-corrected chi connectivity index (χ3v) is 4.08. The highest BCUT2D eigenvalue weighted by molar-refractivity contribution is 7.21. The molecule has 0 fully saturated rings. The molecule has 19 heavy (non-hydrogen) atoms. The second-order valence-electron chi connectivity index (χ2n) is 4.45. The summed E-state index contributed by atoms with van der Waals surface area (Å²) >= 11 is 1.44. The minimum atomic E-state index is -0.104. The Balaban J connectivity index is 2.16. The number of hydrogen-bond acceptors (Lipinski definition) is 4. The van der Waals surface area contributed by atoms with Crippen molar-refractivity contribution in [2.75, 3.05) is 26.0 Å². The summed E-state index contributed by atoms with van der Waals surface area (Å²) in [5, 5.41) is 3.83. The number of nitrogens with two attached hydrogens (primary N) is 1. The summed E-state index contributed by atoms with van der Waals surface area (Å²) in [6.07, 6.45) is 0.798. The van der Waals surface area contributed by atoms with Crippen LogP contribution in [0, 0.1) is 6.92 Å². The van der Waals surface area contributed by atoms with Gasteiger partial charge in [0.25, 0.3) is 5.91 Å². The molecule has 0 aliphatic heterocycles. The van der Waals surface area contributed by atoms with Crippen LogP contribution in [0.15, 0.2) is 18.2 Å². The average molecular weight is 278 g/mol. The van der Waals surface area contributed by atoms with Crippen LogP contribution in [-0.4, -0.2) is 26.2 Å². The maximum atomic E-state index is 12.1. The SMILES string of the molecule is COCCCNC(=O)c1sc2ccc(C)cc2c1N. The Morgan fingerprint density at radius 1 is 1.47 bits per heavy atom. The second-order valence-corrected chi connectivity index (χ2v) is 5.50. The number of aryl methyl sites for hydroxylation is 1. The Hall–Kier alpha value is -1.59. The largest absolute Gasteiger partial charge is 0.397 e. The number of hydrogen-bond donors (Lipinski definition) is 2. The van der Waals surface area contributed by atoms with E-state index in [1.807, 2.05) is 25.1 Å². The zero-order valence-electron chi connectivity index (χ0n) is 11.2. The number of nitrogen functional groups attached to an aromatic ring is 1. The minimum absolute atomic E-state index is 0.104. The van der Waals surface area contributed by atoms with Gasteiger partial charge in [-0.1, -0.05) is 11.6 Å². The van der Waals surface area contributed by atoms with Crippen molar-refractivity contribution in [3.8, 4) is 0 Å². The molecule has 0 saturated carbocycles. The predicted octanol–water partition coefficient (Wildman–Crippen LogP) is 2.56. The van der Waals surface area contributed by atoms with Gasteiger partial charge in [0.2, 0.25) is 0 Å². The molecular formula is C14H18N2O2S. The van der Waals surface area contributed by atoms with Crippen molar-refractivity contribution in [3.63, 3.8) is 0 Å². The molecule has 0 unspecified atom stereocenters. The molecule has 0 radical (unpaired) electrons. The first-order valence-corrected chi connectivity index (χ1v) is 7.01. The molecule has 4 nitrogen and oxygen atoms in total. The molecule has 1 aromatic carbocycles. The van der Waals surface area contributed by atoms with Gasteiger partial charge in [-0.3, -0.25) is 4.79 Å². The van der Waals surface area contributed by atoms with E-state index in [4.69, 9.17) is 10.5 Å². The third kappa shape index (κ3) is 3.05. The van der Waals surface area contributed by atoms with Crippen LogP contribution in [0.2, 0.25) is 0 Å². The molecule has 2 aromatic rings. The number of nitrogens with one attached hydrogen (secondary N) is 1. The van der Waals surface area contributed by atoms with Gasteiger partial charge in [-0.25, -0.2) is 0 Å². The molecule has 0 atom stereocenters. The van der Waals surface area contributed by atoms with Crippen molar-refractivity contribution in [2.24, 2.45) is 0 Å². The van der Waals surface area contributed by atoms with E-state index in [1.54, 1.807) is 7.11 Å². The van der Waals surface area contributed by atoms with E-state index >= 15 is 0 Å². The maximum absolute atomic E-state index is 12.1. The Labute approximate surface area is 116 Å². The lowest BCUT2D eigenvalue weighted by atomic mass is 10.1. The van der Waals surface area contributed by atoms with E-state index < -0.39 is 0 Å². The van der Waals surface area contributed by atoms with Gasteiger partial charge < -0.3 is 15.8 Å². The third-order valence-electron chi connectivity index (χ3n) is 2.90. The summed E-state index contributed by atoms with van der Waals surface area (Å²) in [7, 11) is 1.65. The fourth-order valence-corrected chi connectivity index (χ4v) is 2.92. The molecule has 102 valence electrons. The summed E-state index contributed by atoms with van der Waals surface area (Å²) in [5.74, 6) is -0.104. The van der Waals surface area contributed by atoms with Crippen LogP contribution in [-0.2, 0) is 4.74 Å². The summed E-state index contributed by atoms with van der Waals surface area (Å²) in [4.78, 5) is 12.7. The first-order valence-electron chi connectivity index (χ1n) is 6.19. The lowest BCUT2D eigenvalue weighted by Crippen LogP contribution is -2.25. The lowest BCUT2D eigenvalue weighted by Gasteiger charge is -2.03. The van der Waals surface area contributed by atoms with E-state index in [9.17, 15) is 4.79 Å². The van der Waals surface area contributed by atoms with Crippen molar-refractivity contribution >= 4 is 33.0 Å². The van der Waals surface area contributed by atoms with E-state index in [-0.39, 0.29) is 5.91 Å². The highest BCUT2D eigenvalue weighted by atomic mass is 32.1. The lowest BCUT2D eigenvalue weighted by molar-refractivity contribution is 0.0953. The average Bonchev–Trinajstić information content (AvgIpc) is 2.72. The summed E-state index contributed by atoms with van der Waals surface area (Å²) in [6.45, 7) is 3.25. The first kappa shape index (κ1) is 13.8. The van der Waals surface area contributed by atoms with Crippen LogP contribution >= 0.6 is 11.3 Å². The van der Waals surface area contributed by atoms with Crippen LogP contribution in [0.25, 0.3) is 10.1 Å². The van der Waals surface area contributed by atoms with Crippen molar-refractivity contribution in [1.29, 1.82) is 0 Å². The van der Waals surface area contributed by atoms with Crippen LogP contribution < -0.4 is 11.1 Å². The fourth-order valence-electron chi connectivity index (χ4n) is 1.90. The van der Waals surface area contributed by atoms with Gasteiger partial charge in [-0.05, 0) is 25.5 Å². The van der Waals surface area contributed by atoms with Crippen LogP contribution in [0.1, 0.15) is 21.7 Å². The van der Waals surface area contributed by atoms with Crippen molar-refractivity contribution in [3.05, 3.63) is 28.6 Å². The quantitative estimate of drug-likeness (QED) is 0.826. The van der Waals surface area contributed by atoms with Crippen molar-refractivity contribution in [2.45, 2.75) is 13.3 Å². The first-order chi connectivity index (χ1) is 9.13. The molecule has 5 heteroatoms. The number of ether oxygens (including phenoxy) is 1. The Morgan fingerprint density at radius 2 is 2.26 bits per heavy atom. The maximum Gasteiger partial charge on any atom is 0.263 e. The molecule has 0 spiro atoms. The Morgan fingerprint density at radius 3 is 3.00 bits per heavy atom. The number of benzene rings is 1. The molecule has 1 aromatic heterocycles. The fraction of sp³-hybridized carbons (Fsp3) is 0.357. The molecule has 2 rings (SSSR count). The summed E-state index contributed by atoms with van der Waals surface area (Å²) < 4.78 is 5.99. The monoisotopic (exact) mass is 278 g/mol. The molecule has 0 aliphatic rings. The van der Waals surface area contributed by atoms with Gasteiger partial charge in [0.05, 0.1) is 5.69 Å². The number of rotatable bonds is 5. The molecule has 0 saturated heterocycles. The van der Waals surface area contributed by atoms with Gasteiger partial charge in [-0.15, -0.1) is 11.3 Å². The van der Waals surface area contributed by atoms with Gasteiger partial charge >= 0.3 is 0 Å². The van der Waals surface area contributed by atoms with Crippen molar-refractivity contribution < 1.29 is 9.53 Å². The van der Waals surface area contributed by atoms with E-state index in [2.05, 4.69) is 5.32 Å². The Bertz CT molecular complexity index is 592. The highest BCUT2D eigenvalue weighted by Crippen LogP contribution is 2.34. The molecule has 1 amide bonds. The smallest absolute Gasteiger partial charge is 0.263 e. The summed E-state index contributed by atoms with van der Waals surface area (Å²) in [5.41, 5.74) is 7.78. The zero-order valence-corrected chi connectivity index (χ0v) is 12.0. The number of amides is 1. The van der Waals surface area contributed by atoms with Gasteiger partial charge in [0.1, 0.15) is 4.88 Å². The van der Waals surface area contributed by atoms with Crippen LogP contribution in [0.5, 0.6) is 0 Å². The van der Waals surface area contributed by atoms with E-state index in [1.165, 1.54) is 11.3 Å². The summed E-state index contributed by atoms with van der Waals surface area (Å²) in [6, 6.07) is 6.05. The Kier molecular flexibility index (Phi) is 4.39. The van der Waals surface area contributed by atoms with Gasteiger partial charge in [0, 0.05) is 30.3 Å². The molecular weight excluding hydrogens is 260 g/mol. The normalized spacial score (nSPS) is 10.8. The zero-order chi connectivity index (χ0) is 13.8. The van der Waals surface area contributed by atoms with Crippen LogP contribution in [0.4, 0.5) is 5.69 Å². The van der Waals surface area contributed by atoms with Gasteiger partial charge in [0.15, 0.2) is 0 Å². The second kappa shape index (κ2) is 6.04. The van der Waals surface area contributed by atoms with E-state index in [0.29, 0.717) is 23.7 Å². The molecule has 3 N–H and O–H groups in total.